The maximum atomic E-state index is 12.8. The van der Waals surface area contributed by atoms with Gasteiger partial charge >= 0.3 is 0 Å². The zero-order valence-electron chi connectivity index (χ0n) is 14.4. The van der Waals surface area contributed by atoms with Crippen molar-refractivity contribution < 1.29 is 9.53 Å². The van der Waals surface area contributed by atoms with Gasteiger partial charge in [-0.25, -0.2) is 0 Å². The van der Waals surface area contributed by atoms with Gasteiger partial charge in [-0.05, 0) is 33.3 Å². The number of ether oxygens (including phenoxy) is 1. The molecule has 6 heteroatoms. The number of nitrogens with zero attached hydrogens (tertiary/aromatic N) is 2. The lowest BCUT2D eigenvalue weighted by atomic mass is 9.95. The summed E-state index contributed by atoms with van der Waals surface area (Å²) in [6.45, 7) is 9.04. The monoisotopic (exact) mass is 347 g/mol. The lowest BCUT2D eigenvalue weighted by Gasteiger charge is -2.28. The Labute approximate surface area is 147 Å². The maximum absolute atomic E-state index is 12.8. The third kappa shape index (κ3) is 2.88. The van der Waals surface area contributed by atoms with Crippen molar-refractivity contribution >= 4 is 17.5 Å². The molecule has 0 aliphatic carbocycles. The molecule has 1 aromatic carbocycles. The molecule has 1 N–H and O–H groups in total. The number of nitrogens with one attached hydrogen (secondary N) is 1. The van der Waals surface area contributed by atoms with Gasteiger partial charge in [-0.1, -0.05) is 29.3 Å². The van der Waals surface area contributed by atoms with E-state index in [9.17, 15) is 4.79 Å². The summed E-state index contributed by atoms with van der Waals surface area (Å²) >= 11 is 6.31. The highest BCUT2D eigenvalue weighted by atomic mass is 35.5. The van der Waals surface area contributed by atoms with Gasteiger partial charge in [-0.15, -0.1) is 0 Å². The first-order chi connectivity index (χ1) is 11.4. The van der Waals surface area contributed by atoms with Gasteiger partial charge in [-0.3, -0.25) is 9.48 Å². The molecule has 2 heterocycles. The topological polar surface area (TPSA) is 56.2 Å². The molecule has 0 unspecified atom stereocenters. The molecule has 1 amide bonds. The van der Waals surface area contributed by atoms with E-state index in [4.69, 9.17) is 16.3 Å². The SMILES string of the molecule is CCn1nc(C)c(C(=O)N[C@H]2CCOc3c(C)cc(C)cc32)c1Cl. The second kappa shape index (κ2) is 6.48. The molecule has 0 spiro atoms. The Kier molecular flexibility index (Phi) is 4.54. The summed E-state index contributed by atoms with van der Waals surface area (Å²) in [5.74, 6) is 0.693. The minimum absolute atomic E-state index is 0.0831. The average molecular weight is 348 g/mol. The van der Waals surface area contributed by atoms with Crippen LogP contribution < -0.4 is 10.1 Å². The van der Waals surface area contributed by atoms with Crippen molar-refractivity contribution in [1.82, 2.24) is 15.1 Å². The van der Waals surface area contributed by atoms with Gasteiger partial charge in [-0.2, -0.15) is 5.10 Å². The molecular formula is C18H22ClN3O2. The molecule has 0 fully saturated rings. The normalized spacial score (nSPS) is 16.5. The highest BCUT2D eigenvalue weighted by molar-refractivity contribution is 6.33. The summed E-state index contributed by atoms with van der Waals surface area (Å²) in [5.41, 5.74) is 4.38. The van der Waals surface area contributed by atoms with Crippen LogP contribution in [0.1, 0.15) is 52.1 Å². The molecule has 1 aliphatic heterocycles. The van der Waals surface area contributed by atoms with E-state index in [1.54, 1.807) is 11.6 Å². The molecule has 2 aromatic rings. The molecule has 128 valence electrons. The van der Waals surface area contributed by atoms with Gasteiger partial charge in [0.25, 0.3) is 5.91 Å². The minimum atomic E-state index is -0.186. The highest BCUT2D eigenvalue weighted by Gasteiger charge is 2.27. The van der Waals surface area contributed by atoms with Crippen molar-refractivity contribution in [1.29, 1.82) is 0 Å². The van der Waals surface area contributed by atoms with E-state index in [0.29, 0.717) is 29.6 Å². The van der Waals surface area contributed by atoms with E-state index in [1.165, 1.54) is 0 Å². The van der Waals surface area contributed by atoms with Crippen LogP contribution in [0.5, 0.6) is 5.75 Å². The summed E-state index contributed by atoms with van der Waals surface area (Å²) in [6.07, 6.45) is 0.736. The summed E-state index contributed by atoms with van der Waals surface area (Å²) in [7, 11) is 0. The number of aromatic nitrogens is 2. The largest absolute Gasteiger partial charge is 0.493 e. The summed E-state index contributed by atoms with van der Waals surface area (Å²) < 4.78 is 7.44. The van der Waals surface area contributed by atoms with Crippen LogP contribution in [0.25, 0.3) is 0 Å². The second-order valence-corrected chi connectivity index (χ2v) is 6.59. The van der Waals surface area contributed by atoms with Crippen LogP contribution >= 0.6 is 11.6 Å². The zero-order valence-corrected chi connectivity index (χ0v) is 15.2. The van der Waals surface area contributed by atoms with Crippen LogP contribution in [0.2, 0.25) is 5.15 Å². The van der Waals surface area contributed by atoms with E-state index in [1.807, 2.05) is 20.8 Å². The predicted octanol–water partition coefficient (Wildman–Crippen LogP) is 3.74. The van der Waals surface area contributed by atoms with Crippen LogP contribution in [-0.2, 0) is 6.54 Å². The molecule has 0 radical (unpaired) electrons. The quantitative estimate of drug-likeness (QED) is 0.920. The van der Waals surface area contributed by atoms with Crippen molar-refractivity contribution in [3.8, 4) is 5.75 Å². The summed E-state index contributed by atoms with van der Waals surface area (Å²) in [5, 5.41) is 7.81. The lowest BCUT2D eigenvalue weighted by molar-refractivity contribution is 0.0924. The van der Waals surface area contributed by atoms with Gasteiger partial charge in [0.15, 0.2) is 0 Å². The number of aryl methyl sites for hydroxylation is 4. The average Bonchev–Trinajstić information content (AvgIpc) is 2.82. The zero-order chi connectivity index (χ0) is 17.4. The highest BCUT2D eigenvalue weighted by Crippen LogP contribution is 2.36. The van der Waals surface area contributed by atoms with Crippen molar-refractivity contribution in [2.24, 2.45) is 0 Å². The number of benzene rings is 1. The molecule has 0 bridgehead atoms. The fourth-order valence-electron chi connectivity index (χ4n) is 3.28. The Morgan fingerprint density at radius 3 is 2.83 bits per heavy atom. The van der Waals surface area contributed by atoms with Gasteiger partial charge in [0, 0.05) is 18.5 Å². The van der Waals surface area contributed by atoms with Gasteiger partial charge in [0.1, 0.15) is 10.9 Å². The number of hydrogen-bond donors (Lipinski definition) is 1. The Bertz CT molecular complexity index is 798. The first kappa shape index (κ1) is 16.8. The number of halogens is 1. The fourth-order valence-corrected chi connectivity index (χ4v) is 3.66. The molecule has 5 nitrogen and oxygen atoms in total. The Morgan fingerprint density at radius 2 is 2.17 bits per heavy atom. The number of carbonyl (C=O) groups is 1. The third-order valence-electron chi connectivity index (χ3n) is 4.37. The van der Waals surface area contributed by atoms with Crippen LogP contribution in [0.3, 0.4) is 0 Å². The number of amides is 1. The number of carbonyl (C=O) groups excluding carboxylic acids is 1. The van der Waals surface area contributed by atoms with Crippen molar-refractivity contribution in [2.75, 3.05) is 6.61 Å². The van der Waals surface area contributed by atoms with E-state index in [0.717, 1.165) is 28.9 Å². The van der Waals surface area contributed by atoms with Crippen LogP contribution in [-0.4, -0.2) is 22.3 Å². The molecule has 0 saturated heterocycles. The number of hydrogen-bond acceptors (Lipinski definition) is 3. The number of fused-ring (bicyclic) bond motifs is 1. The molecule has 0 saturated carbocycles. The lowest BCUT2D eigenvalue weighted by Crippen LogP contribution is -2.32. The maximum Gasteiger partial charge on any atom is 0.256 e. The Hall–Kier alpha value is -2.01. The van der Waals surface area contributed by atoms with Crippen LogP contribution in [0.15, 0.2) is 12.1 Å². The predicted molar refractivity (Wildman–Crippen MR) is 93.9 cm³/mol. The molecule has 24 heavy (non-hydrogen) atoms. The van der Waals surface area contributed by atoms with Gasteiger partial charge < -0.3 is 10.1 Å². The second-order valence-electron chi connectivity index (χ2n) is 6.23. The van der Waals surface area contributed by atoms with Gasteiger partial charge in [0.2, 0.25) is 0 Å². The first-order valence-electron chi connectivity index (χ1n) is 8.20. The minimum Gasteiger partial charge on any atom is -0.493 e. The molecular weight excluding hydrogens is 326 g/mol. The number of rotatable bonds is 3. The van der Waals surface area contributed by atoms with Crippen LogP contribution in [0, 0.1) is 20.8 Å². The molecule has 1 aliphatic rings. The van der Waals surface area contributed by atoms with E-state index < -0.39 is 0 Å². The first-order valence-corrected chi connectivity index (χ1v) is 8.57. The van der Waals surface area contributed by atoms with E-state index in [2.05, 4.69) is 22.5 Å². The molecule has 1 atom stereocenters. The fraction of sp³-hybridized carbons (Fsp3) is 0.444. The van der Waals surface area contributed by atoms with Crippen molar-refractivity contribution in [2.45, 2.75) is 46.7 Å². The Morgan fingerprint density at radius 1 is 1.42 bits per heavy atom. The van der Waals surface area contributed by atoms with Crippen molar-refractivity contribution in [3.63, 3.8) is 0 Å². The van der Waals surface area contributed by atoms with Crippen LogP contribution in [0.4, 0.5) is 0 Å². The molecule has 1 aromatic heterocycles. The van der Waals surface area contributed by atoms with E-state index >= 15 is 0 Å². The standard InChI is InChI=1S/C18H22ClN3O2/c1-5-22-17(19)15(12(4)21-22)18(23)20-14-6-7-24-16-11(3)8-10(2)9-13(14)16/h8-9,14H,5-7H2,1-4H3,(H,20,23)/t14-/m0/s1. The Balaban J connectivity index is 1.91. The summed E-state index contributed by atoms with van der Waals surface area (Å²) in [6, 6.07) is 4.09. The van der Waals surface area contributed by atoms with Gasteiger partial charge in [0.05, 0.1) is 23.9 Å². The van der Waals surface area contributed by atoms with Crippen molar-refractivity contribution in [3.05, 3.63) is 45.2 Å². The third-order valence-corrected chi connectivity index (χ3v) is 4.76. The molecule has 3 rings (SSSR count). The van der Waals surface area contributed by atoms with E-state index in [-0.39, 0.29) is 11.9 Å². The smallest absolute Gasteiger partial charge is 0.256 e. The summed E-state index contributed by atoms with van der Waals surface area (Å²) in [4.78, 5) is 12.8.